The molecule has 2 rings (SSSR count). The molecule has 0 bridgehead atoms. The standard InChI is InChI=1S/C15H23BrN2O/c1-11(17)15(12-5-3-6-13(16)9-12)18-8-4-7-14(10-18)19-2/h3,5-6,9,11,14-15H,4,7-8,10,17H2,1-2H3. The maximum Gasteiger partial charge on any atom is 0.0698 e. The third-order valence-corrected chi connectivity index (χ3v) is 4.32. The second-order valence-corrected chi connectivity index (χ2v) is 6.27. The van der Waals surface area contributed by atoms with E-state index in [2.05, 4.69) is 52.0 Å². The Balaban J connectivity index is 2.20. The number of nitrogens with two attached hydrogens (primary N) is 1. The fourth-order valence-corrected chi connectivity index (χ4v) is 3.37. The van der Waals surface area contributed by atoms with E-state index < -0.39 is 0 Å². The SMILES string of the molecule is COC1CCCN(C(c2cccc(Br)c2)C(C)N)C1. The monoisotopic (exact) mass is 326 g/mol. The molecule has 19 heavy (non-hydrogen) atoms. The van der Waals surface area contributed by atoms with Gasteiger partial charge in [-0.05, 0) is 44.0 Å². The first-order valence-electron chi connectivity index (χ1n) is 6.89. The first kappa shape index (κ1) is 15.0. The summed E-state index contributed by atoms with van der Waals surface area (Å²) in [4.78, 5) is 2.46. The number of hydrogen-bond donors (Lipinski definition) is 1. The fourth-order valence-electron chi connectivity index (χ4n) is 2.95. The molecule has 0 spiro atoms. The molecule has 1 fully saturated rings. The molecule has 0 radical (unpaired) electrons. The molecule has 106 valence electrons. The molecule has 1 aliphatic rings. The van der Waals surface area contributed by atoms with Gasteiger partial charge >= 0.3 is 0 Å². The van der Waals surface area contributed by atoms with Crippen LogP contribution in [-0.2, 0) is 4.74 Å². The van der Waals surface area contributed by atoms with Gasteiger partial charge in [-0.15, -0.1) is 0 Å². The number of hydrogen-bond acceptors (Lipinski definition) is 3. The molecule has 1 aromatic rings. The van der Waals surface area contributed by atoms with Crippen molar-refractivity contribution in [3.8, 4) is 0 Å². The summed E-state index contributed by atoms with van der Waals surface area (Å²) in [5.41, 5.74) is 7.52. The number of halogens is 1. The smallest absolute Gasteiger partial charge is 0.0698 e. The summed E-state index contributed by atoms with van der Waals surface area (Å²) in [6.07, 6.45) is 2.66. The van der Waals surface area contributed by atoms with Gasteiger partial charge in [0.05, 0.1) is 6.10 Å². The highest BCUT2D eigenvalue weighted by atomic mass is 79.9. The first-order chi connectivity index (χ1) is 9.11. The molecule has 1 aromatic carbocycles. The average molecular weight is 327 g/mol. The lowest BCUT2D eigenvalue weighted by molar-refractivity contribution is 0.0103. The van der Waals surface area contributed by atoms with Crippen LogP contribution in [0, 0.1) is 0 Å². The lowest BCUT2D eigenvalue weighted by Gasteiger charge is -2.39. The molecule has 0 saturated carbocycles. The Morgan fingerprint density at radius 2 is 2.26 bits per heavy atom. The van der Waals surface area contributed by atoms with Crippen LogP contribution in [0.5, 0.6) is 0 Å². The molecular formula is C15H23BrN2O. The van der Waals surface area contributed by atoms with Crippen LogP contribution in [0.3, 0.4) is 0 Å². The summed E-state index contributed by atoms with van der Waals surface area (Å²) < 4.78 is 6.63. The minimum Gasteiger partial charge on any atom is -0.380 e. The van der Waals surface area contributed by atoms with E-state index in [-0.39, 0.29) is 12.1 Å². The van der Waals surface area contributed by atoms with Crippen LogP contribution in [0.4, 0.5) is 0 Å². The van der Waals surface area contributed by atoms with E-state index in [0.29, 0.717) is 6.10 Å². The molecular weight excluding hydrogens is 304 g/mol. The second kappa shape index (κ2) is 6.84. The molecule has 3 atom stereocenters. The van der Waals surface area contributed by atoms with Crippen molar-refractivity contribution >= 4 is 15.9 Å². The van der Waals surface area contributed by atoms with Crippen molar-refractivity contribution < 1.29 is 4.74 Å². The van der Waals surface area contributed by atoms with Crippen LogP contribution in [-0.4, -0.2) is 37.2 Å². The van der Waals surface area contributed by atoms with Crippen molar-refractivity contribution in [2.45, 2.75) is 38.0 Å². The van der Waals surface area contributed by atoms with Crippen molar-refractivity contribution in [3.63, 3.8) is 0 Å². The lowest BCUT2D eigenvalue weighted by Crippen LogP contribution is -2.46. The number of methoxy groups -OCH3 is 1. The van der Waals surface area contributed by atoms with Crippen LogP contribution in [0.1, 0.15) is 31.4 Å². The van der Waals surface area contributed by atoms with E-state index >= 15 is 0 Å². The van der Waals surface area contributed by atoms with Crippen LogP contribution >= 0.6 is 15.9 Å². The summed E-state index contributed by atoms with van der Waals surface area (Å²) in [6.45, 7) is 4.15. The Hall–Kier alpha value is -0.420. The Labute approximate surface area is 124 Å². The van der Waals surface area contributed by atoms with Crippen molar-refractivity contribution in [1.82, 2.24) is 4.90 Å². The molecule has 1 saturated heterocycles. The van der Waals surface area contributed by atoms with Gasteiger partial charge in [-0.3, -0.25) is 4.90 Å². The van der Waals surface area contributed by atoms with E-state index in [0.717, 1.165) is 24.0 Å². The third-order valence-electron chi connectivity index (χ3n) is 3.82. The normalized spacial score (nSPS) is 24.1. The van der Waals surface area contributed by atoms with E-state index in [1.165, 1.54) is 12.0 Å². The number of ether oxygens (including phenoxy) is 1. The van der Waals surface area contributed by atoms with Crippen molar-refractivity contribution in [1.29, 1.82) is 0 Å². The van der Waals surface area contributed by atoms with Gasteiger partial charge in [0.2, 0.25) is 0 Å². The van der Waals surface area contributed by atoms with E-state index in [4.69, 9.17) is 10.5 Å². The number of piperidine rings is 1. The minimum atomic E-state index is 0.102. The summed E-state index contributed by atoms with van der Waals surface area (Å²) >= 11 is 3.55. The minimum absolute atomic E-state index is 0.102. The Morgan fingerprint density at radius 3 is 2.89 bits per heavy atom. The van der Waals surface area contributed by atoms with Crippen molar-refractivity contribution in [2.75, 3.05) is 20.2 Å². The van der Waals surface area contributed by atoms with Crippen molar-refractivity contribution in [2.24, 2.45) is 5.73 Å². The van der Waals surface area contributed by atoms with Gasteiger partial charge in [0.25, 0.3) is 0 Å². The highest BCUT2D eigenvalue weighted by Crippen LogP contribution is 2.29. The lowest BCUT2D eigenvalue weighted by atomic mass is 9.96. The van der Waals surface area contributed by atoms with Gasteiger partial charge < -0.3 is 10.5 Å². The first-order valence-corrected chi connectivity index (χ1v) is 7.69. The van der Waals surface area contributed by atoms with Gasteiger partial charge in [-0.2, -0.15) is 0 Å². The van der Waals surface area contributed by atoms with Gasteiger partial charge in [0.15, 0.2) is 0 Å². The number of rotatable bonds is 4. The quantitative estimate of drug-likeness (QED) is 0.924. The predicted molar refractivity (Wildman–Crippen MR) is 82.1 cm³/mol. The molecule has 1 aliphatic heterocycles. The topological polar surface area (TPSA) is 38.5 Å². The van der Waals surface area contributed by atoms with Gasteiger partial charge in [-0.25, -0.2) is 0 Å². The third kappa shape index (κ3) is 3.78. The van der Waals surface area contributed by atoms with E-state index in [1.807, 2.05) is 0 Å². The zero-order chi connectivity index (χ0) is 13.8. The van der Waals surface area contributed by atoms with Crippen LogP contribution in [0.25, 0.3) is 0 Å². The fraction of sp³-hybridized carbons (Fsp3) is 0.600. The zero-order valence-electron chi connectivity index (χ0n) is 11.7. The maximum atomic E-state index is 6.24. The number of benzene rings is 1. The van der Waals surface area contributed by atoms with Crippen molar-refractivity contribution in [3.05, 3.63) is 34.3 Å². The molecule has 0 aromatic heterocycles. The van der Waals surface area contributed by atoms with Gasteiger partial charge in [0.1, 0.15) is 0 Å². The van der Waals surface area contributed by atoms with Crippen LogP contribution in [0.15, 0.2) is 28.7 Å². The van der Waals surface area contributed by atoms with Gasteiger partial charge in [0, 0.05) is 30.2 Å². The summed E-state index contributed by atoms with van der Waals surface area (Å²) in [7, 11) is 1.80. The molecule has 2 N–H and O–H groups in total. The Bertz CT molecular complexity index is 411. The summed E-state index contributed by atoms with van der Waals surface area (Å²) in [5.74, 6) is 0. The van der Waals surface area contributed by atoms with E-state index in [1.54, 1.807) is 7.11 Å². The molecule has 1 heterocycles. The second-order valence-electron chi connectivity index (χ2n) is 5.35. The Morgan fingerprint density at radius 1 is 1.47 bits per heavy atom. The molecule has 3 nitrogen and oxygen atoms in total. The highest BCUT2D eigenvalue weighted by Gasteiger charge is 2.29. The molecule has 0 aliphatic carbocycles. The maximum absolute atomic E-state index is 6.24. The largest absolute Gasteiger partial charge is 0.380 e. The molecule has 0 amide bonds. The molecule has 3 unspecified atom stereocenters. The predicted octanol–water partition coefficient (Wildman–Crippen LogP) is 2.95. The van der Waals surface area contributed by atoms with Crippen LogP contribution in [0.2, 0.25) is 0 Å². The molecule has 4 heteroatoms. The Kier molecular flexibility index (Phi) is 5.39. The average Bonchev–Trinajstić information content (AvgIpc) is 2.39. The zero-order valence-corrected chi connectivity index (χ0v) is 13.3. The number of likely N-dealkylation sites (tertiary alicyclic amines) is 1. The highest BCUT2D eigenvalue weighted by molar-refractivity contribution is 9.10. The summed E-state index contributed by atoms with van der Waals surface area (Å²) in [6, 6.07) is 8.82. The number of nitrogens with zero attached hydrogens (tertiary/aromatic N) is 1. The summed E-state index contributed by atoms with van der Waals surface area (Å²) in [5, 5.41) is 0. The van der Waals surface area contributed by atoms with Gasteiger partial charge in [-0.1, -0.05) is 28.1 Å². The van der Waals surface area contributed by atoms with Crippen LogP contribution < -0.4 is 5.73 Å². The van der Waals surface area contributed by atoms with E-state index in [9.17, 15) is 0 Å².